The second-order valence-electron chi connectivity index (χ2n) is 4.23. The van der Waals surface area contributed by atoms with Gasteiger partial charge < -0.3 is 10.5 Å². The third-order valence-electron chi connectivity index (χ3n) is 2.74. The number of hydrogen-bond acceptors (Lipinski definition) is 3. The summed E-state index contributed by atoms with van der Waals surface area (Å²) in [7, 11) is 0. The summed E-state index contributed by atoms with van der Waals surface area (Å²) < 4.78 is 6.75. The fourth-order valence-corrected chi connectivity index (χ4v) is 1.98. The van der Waals surface area contributed by atoms with Crippen molar-refractivity contribution in [1.29, 1.82) is 5.41 Å². The van der Waals surface area contributed by atoms with Crippen molar-refractivity contribution in [3.05, 3.63) is 51.6 Å². The highest BCUT2D eigenvalue weighted by Gasteiger charge is 2.12. The van der Waals surface area contributed by atoms with E-state index in [9.17, 15) is 0 Å². The third kappa shape index (κ3) is 2.93. The lowest BCUT2D eigenvalue weighted by Crippen LogP contribution is -2.14. The van der Waals surface area contributed by atoms with Crippen molar-refractivity contribution < 1.29 is 4.74 Å². The summed E-state index contributed by atoms with van der Waals surface area (Å²) in [5, 5.41) is 7.61. The first-order chi connectivity index (χ1) is 8.99. The Hall–Kier alpha value is -1.88. The van der Waals surface area contributed by atoms with Crippen molar-refractivity contribution in [3.8, 4) is 11.6 Å². The van der Waals surface area contributed by atoms with Gasteiger partial charge in [-0.3, -0.25) is 5.41 Å². The number of rotatable bonds is 3. The van der Waals surface area contributed by atoms with Gasteiger partial charge in [-0.15, -0.1) is 0 Å². The number of halogens is 1. The smallest absolute Gasteiger partial charge is 0.230 e. The fourth-order valence-electron chi connectivity index (χ4n) is 1.73. The van der Waals surface area contributed by atoms with Crippen LogP contribution in [0.4, 0.5) is 0 Å². The molecule has 0 unspecified atom stereocenters. The molecule has 0 aliphatic heterocycles. The zero-order valence-electron chi connectivity index (χ0n) is 10.7. The van der Waals surface area contributed by atoms with Crippen LogP contribution in [0.25, 0.3) is 0 Å². The average molecular weight is 320 g/mol. The predicted molar refractivity (Wildman–Crippen MR) is 78.9 cm³/mol. The van der Waals surface area contributed by atoms with E-state index >= 15 is 0 Å². The summed E-state index contributed by atoms with van der Waals surface area (Å²) in [6, 6.07) is 7.45. The Morgan fingerprint density at radius 3 is 2.63 bits per heavy atom. The molecule has 0 fully saturated rings. The Morgan fingerprint density at radius 1 is 1.26 bits per heavy atom. The van der Waals surface area contributed by atoms with Crippen LogP contribution in [0.15, 0.2) is 34.9 Å². The number of benzene rings is 1. The summed E-state index contributed by atoms with van der Waals surface area (Å²) in [4.78, 5) is 4.15. The van der Waals surface area contributed by atoms with Gasteiger partial charge in [-0.2, -0.15) is 0 Å². The van der Waals surface area contributed by atoms with Gasteiger partial charge in [-0.05, 0) is 49.2 Å². The van der Waals surface area contributed by atoms with Crippen LogP contribution in [0.1, 0.15) is 16.7 Å². The molecule has 0 saturated carbocycles. The SMILES string of the molecule is Cc1cc(Oc2nccc(C)c2C(=N)N)ccc1Br. The summed E-state index contributed by atoms with van der Waals surface area (Å²) in [5.74, 6) is 0.977. The molecule has 1 aromatic carbocycles. The molecule has 19 heavy (non-hydrogen) atoms. The maximum Gasteiger partial charge on any atom is 0.230 e. The van der Waals surface area contributed by atoms with Crippen LogP contribution in [-0.4, -0.2) is 10.8 Å². The zero-order chi connectivity index (χ0) is 14.0. The Bertz CT molecular complexity index is 641. The molecule has 1 heterocycles. The van der Waals surface area contributed by atoms with E-state index in [1.54, 1.807) is 12.3 Å². The van der Waals surface area contributed by atoms with Crippen molar-refractivity contribution in [3.63, 3.8) is 0 Å². The van der Waals surface area contributed by atoms with E-state index in [4.69, 9.17) is 15.9 Å². The van der Waals surface area contributed by atoms with E-state index in [1.165, 1.54) is 0 Å². The number of amidine groups is 1. The number of nitrogens with one attached hydrogen (secondary N) is 1. The molecule has 3 N–H and O–H groups in total. The van der Waals surface area contributed by atoms with E-state index in [-0.39, 0.29) is 5.84 Å². The molecule has 0 bridgehead atoms. The number of nitrogen functional groups attached to an aromatic ring is 1. The number of nitrogens with two attached hydrogens (primary N) is 1. The quantitative estimate of drug-likeness (QED) is 0.671. The van der Waals surface area contributed by atoms with Gasteiger partial charge in [0.15, 0.2) is 0 Å². The van der Waals surface area contributed by atoms with Crippen LogP contribution in [0.3, 0.4) is 0 Å². The van der Waals surface area contributed by atoms with Gasteiger partial charge in [-0.25, -0.2) is 4.98 Å². The minimum atomic E-state index is -0.0468. The molecule has 0 atom stereocenters. The van der Waals surface area contributed by atoms with E-state index < -0.39 is 0 Å². The molecule has 2 rings (SSSR count). The molecule has 98 valence electrons. The Kier molecular flexibility index (Phi) is 3.85. The van der Waals surface area contributed by atoms with Crippen molar-refractivity contribution in [2.24, 2.45) is 5.73 Å². The largest absolute Gasteiger partial charge is 0.438 e. The minimum Gasteiger partial charge on any atom is -0.438 e. The topological polar surface area (TPSA) is 72.0 Å². The van der Waals surface area contributed by atoms with E-state index in [0.29, 0.717) is 17.2 Å². The van der Waals surface area contributed by atoms with Crippen LogP contribution in [-0.2, 0) is 0 Å². The van der Waals surface area contributed by atoms with Gasteiger partial charge in [0, 0.05) is 10.7 Å². The summed E-state index contributed by atoms with van der Waals surface area (Å²) in [6.45, 7) is 3.85. The Morgan fingerprint density at radius 2 is 2.00 bits per heavy atom. The van der Waals surface area contributed by atoms with Crippen molar-refractivity contribution in [2.75, 3.05) is 0 Å². The van der Waals surface area contributed by atoms with Gasteiger partial charge in [0.1, 0.15) is 11.6 Å². The van der Waals surface area contributed by atoms with E-state index in [2.05, 4.69) is 20.9 Å². The second-order valence-corrected chi connectivity index (χ2v) is 5.09. The Balaban J connectivity index is 2.40. The van der Waals surface area contributed by atoms with E-state index in [0.717, 1.165) is 15.6 Å². The fraction of sp³-hybridized carbons (Fsp3) is 0.143. The predicted octanol–water partition coefficient (Wildman–Crippen LogP) is 3.54. The van der Waals surface area contributed by atoms with Crippen LogP contribution in [0.2, 0.25) is 0 Å². The lowest BCUT2D eigenvalue weighted by Gasteiger charge is -2.11. The number of aryl methyl sites for hydroxylation is 2. The highest BCUT2D eigenvalue weighted by Crippen LogP contribution is 2.28. The van der Waals surface area contributed by atoms with Gasteiger partial charge in [0.05, 0.1) is 5.56 Å². The minimum absolute atomic E-state index is 0.0468. The first-order valence-corrected chi connectivity index (χ1v) is 6.52. The molecule has 4 nitrogen and oxygen atoms in total. The van der Waals surface area contributed by atoms with Gasteiger partial charge in [0.25, 0.3) is 0 Å². The average Bonchev–Trinajstić information content (AvgIpc) is 2.33. The molecular formula is C14H14BrN3O. The molecule has 5 heteroatoms. The number of pyridine rings is 1. The second kappa shape index (κ2) is 5.40. The van der Waals surface area contributed by atoms with Gasteiger partial charge in [0.2, 0.25) is 5.88 Å². The van der Waals surface area contributed by atoms with Crippen LogP contribution in [0.5, 0.6) is 11.6 Å². The molecule has 0 saturated heterocycles. The molecule has 1 aromatic heterocycles. The molecule has 2 aromatic rings. The van der Waals surface area contributed by atoms with Gasteiger partial charge >= 0.3 is 0 Å². The Labute approximate surface area is 120 Å². The van der Waals surface area contributed by atoms with E-state index in [1.807, 2.05) is 32.0 Å². The van der Waals surface area contributed by atoms with Crippen molar-refractivity contribution in [2.45, 2.75) is 13.8 Å². The number of hydrogen-bond donors (Lipinski definition) is 2. The molecule has 0 amide bonds. The monoisotopic (exact) mass is 319 g/mol. The maximum absolute atomic E-state index is 7.61. The lowest BCUT2D eigenvalue weighted by molar-refractivity contribution is 0.461. The summed E-state index contributed by atoms with van der Waals surface area (Å²) >= 11 is 3.44. The molecular weight excluding hydrogens is 306 g/mol. The molecule has 0 aliphatic carbocycles. The first-order valence-electron chi connectivity index (χ1n) is 5.73. The van der Waals surface area contributed by atoms with Crippen molar-refractivity contribution >= 4 is 21.8 Å². The van der Waals surface area contributed by atoms with Crippen molar-refractivity contribution in [1.82, 2.24) is 4.98 Å². The highest BCUT2D eigenvalue weighted by atomic mass is 79.9. The third-order valence-corrected chi connectivity index (χ3v) is 3.63. The number of aromatic nitrogens is 1. The zero-order valence-corrected chi connectivity index (χ0v) is 12.3. The summed E-state index contributed by atoms with van der Waals surface area (Å²) in [5.41, 5.74) is 8.04. The number of ether oxygens (including phenoxy) is 1. The van der Waals surface area contributed by atoms with Gasteiger partial charge in [-0.1, -0.05) is 15.9 Å². The maximum atomic E-state index is 7.61. The highest BCUT2D eigenvalue weighted by molar-refractivity contribution is 9.10. The molecule has 0 radical (unpaired) electrons. The lowest BCUT2D eigenvalue weighted by atomic mass is 10.1. The normalized spacial score (nSPS) is 10.3. The standard InChI is InChI=1S/C14H14BrN3O/c1-8-5-6-18-14(12(8)13(16)17)19-10-3-4-11(15)9(2)7-10/h3-7H,1-2H3,(H3,16,17). The first kappa shape index (κ1) is 13.5. The van der Waals surface area contributed by atoms with Crippen LogP contribution >= 0.6 is 15.9 Å². The van der Waals surface area contributed by atoms with Crippen LogP contribution < -0.4 is 10.5 Å². The molecule has 0 aliphatic rings. The molecule has 0 spiro atoms. The summed E-state index contributed by atoms with van der Waals surface area (Å²) in [6.07, 6.45) is 1.64. The van der Waals surface area contributed by atoms with Crippen LogP contribution in [0, 0.1) is 19.3 Å². The number of nitrogens with zero attached hydrogens (tertiary/aromatic N) is 1.